The quantitative estimate of drug-likeness (QED) is 0.872. The molecule has 108 valence electrons. The van der Waals surface area contributed by atoms with Gasteiger partial charge in [-0.05, 0) is 57.5 Å². The summed E-state index contributed by atoms with van der Waals surface area (Å²) in [5.74, 6) is 0. The summed E-state index contributed by atoms with van der Waals surface area (Å²) in [6.07, 6.45) is 2.42. The van der Waals surface area contributed by atoms with Crippen LogP contribution in [0.4, 0.5) is 0 Å². The minimum atomic E-state index is 0.302. The normalized spacial score (nSPS) is 14.4. The number of hydrogen-bond acceptors (Lipinski definition) is 3. The van der Waals surface area contributed by atoms with Gasteiger partial charge in [-0.2, -0.15) is 0 Å². The average molecular weight is 272 g/mol. The monoisotopic (exact) mass is 272 g/mol. The predicted octanol–water partition coefficient (Wildman–Crippen LogP) is 3.62. The Balaban J connectivity index is 2.19. The van der Waals surface area contributed by atoms with Gasteiger partial charge in [-0.3, -0.25) is 4.98 Å². The first-order chi connectivity index (χ1) is 9.63. The molecule has 0 amide bonds. The zero-order chi connectivity index (χ0) is 14.5. The molecule has 2 atom stereocenters. The van der Waals surface area contributed by atoms with Crippen LogP contribution in [-0.4, -0.2) is 25.2 Å². The number of aryl methyl sites for hydroxylation is 1. The summed E-state index contributed by atoms with van der Waals surface area (Å²) in [5.41, 5.74) is 3.44. The van der Waals surface area contributed by atoms with Crippen LogP contribution in [0, 0.1) is 6.92 Å². The van der Waals surface area contributed by atoms with Crippen molar-refractivity contribution < 1.29 is 4.74 Å². The van der Waals surface area contributed by atoms with E-state index in [0.29, 0.717) is 12.1 Å². The fraction of sp³-hybridized carbons (Fsp3) is 0.471. The lowest BCUT2D eigenvalue weighted by molar-refractivity contribution is 0.106. The molecule has 1 heterocycles. The number of benzene rings is 1. The molecule has 20 heavy (non-hydrogen) atoms. The number of aromatic nitrogens is 1. The van der Waals surface area contributed by atoms with Crippen molar-refractivity contribution in [3.8, 4) is 0 Å². The molecule has 2 unspecified atom stereocenters. The SMILES string of the molecule is CNC(CCC(C)OC)c1ccc2nc(C)ccc2c1. The van der Waals surface area contributed by atoms with Crippen LogP contribution in [0.2, 0.25) is 0 Å². The number of hydrogen-bond donors (Lipinski definition) is 1. The maximum absolute atomic E-state index is 5.33. The van der Waals surface area contributed by atoms with Gasteiger partial charge in [0.2, 0.25) is 0 Å². The molecule has 0 aliphatic carbocycles. The number of ether oxygens (including phenoxy) is 1. The first-order valence-corrected chi connectivity index (χ1v) is 7.21. The van der Waals surface area contributed by atoms with E-state index in [1.54, 1.807) is 7.11 Å². The molecule has 3 heteroatoms. The van der Waals surface area contributed by atoms with E-state index < -0.39 is 0 Å². The Labute approximate surface area is 121 Å². The zero-order valence-corrected chi connectivity index (χ0v) is 12.8. The number of rotatable bonds is 6. The molecular formula is C17H24N2O. The third kappa shape index (κ3) is 3.56. The molecule has 1 N–H and O–H groups in total. The van der Waals surface area contributed by atoms with E-state index in [-0.39, 0.29) is 0 Å². The highest BCUT2D eigenvalue weighted by molar-refractivity contribution is 5.79. The molecule has 0 saturated heterocycles. The van der Waals surface area contributed by atoms with Gasteiger partial charge in [-0.1, -0.05) is 12.1 Å². The molecular weight excluding hydrogens is 248 g/mol. The van der Waals surface area contributed by atoms with E-state index >= 15 is 0 Å². The first-order valence-electron chi connectivity index (χ1n) is 7.21. The smallest absolute Gasteiger partial charge is 0.0705 e. The average Bonchev–Trinajstić information content (AvgIpc) is 2.47. The first kappa shape index (κ1) is 14.9. The largest absolute Gasteiger partial charge is 0.382 e. The van der Waals surface area contributed by atoms with Gasteiger partial charge in [0.1, 0.15) is 0 Å². The predicted molar refractivity (Wildman–Crippen MR) is 84.0 cm³/mol. The molecule has 2 aromatic rings. The topological polar surface area (TPSA) is 34.1 Å². The van der Waals surface area contributed by atoms with Gasteiger partial charge in [0.15, 0.2) is 0 Å². The Hall–Kier alpha value is -1.45. The Bertz CT molecular complexity index is 568. The van der Waals surface area contributed by atoms with Gasteiger partial charge in [-0.15, -0.1) is 0 Å². The maximum Gasteiger partial charge on any atom is 0.0705 e. The molecule has 0 radical (unpaired) electrons. The lowest BCUT2D eigenvalue weighted by Gasteiger charge is -2.19. The van der Waals surface area contributed by atoms with Gasteiger partial charge in [0.25, 0.3) is 0 Å². The number of pyridine rings is 1. The molecule has 1 aromatic carbocycles. The van der Waals surface area contributed by atoms with Crippen LogP contribution in [0.1, 0.15) is 37.1 Å². The summed E-state index contributed by atoms with van der Waals surface area (Å²) in [6, 6.07) is 11.1. The van der Waals surface area contributed by atoms with Crippen LogP contribution < -0.4 is 5.32 Å². The summed E-state index contributed by atoms with van der Waals surface area (Å²) in [5, 5.41) is 4.60. The molecule has 0 saturated carbocycles. The van der Waals surface area contributed by atoms with Crippen LogP contribution in [0.3, 0.4) is 0 Å². The molecule has 0 aliphatic heterocycles. The zero-order valence-electron chi connectivity index (χ0n) is 12.8. The van der Waals surface area contributed by atoms with Crippen molar-refractivity contribution in [1.82, 2.24) is 10.3 Å². The van der Waals surface area contributed by atoms with Crippen LogP contribution >= 0.6 is 0 Å². The van der Waals surface area contributed by atoms with Crippen LogP contribution in [0.25, 0.3) is 10.9 Å². The lowest BCUT2D eigenvalue weighted by Crippen LogP contribution is -2.18. The molecule has 3 nitrogen and oxygen atoms in total. The lowest BCUT2D eigenvalue weighted by atomic mass is 9.99. The van der Waals surface area contributed by atoms with E-state index in [2.05, 4.69) is 47.6 Å². The number of nitrogens with zero attached hydrogens (tertiary/aromatic N) is 1. The van der Waals surface area contributed by atoms with Gasteiger partial charge in [0, 0.05) is 24.2 Å². The second-order valence-corrected chi connectivity index (χ2v) is 5.37. The Kier molecular flexibility index (Phi) is 5.10. The number of fused-ring (bicyclic) bond motifs is 1. The van der Waals surface area contributed by atoms with Gasteiger partial charge in [0.05, 0.1) is 11.6 Å². The molecule has 0 bridgehead atoms. The summed E-state index contributed by atoms with van der Waals surface area (Å²) >= 11 is 0. The summed E-state index contributed by atoms with van der Waals surface area (Å²) < 4.78 is 5.33. The second-order valence-electron chi connectivity index (χ2n) is 5.37. The highest BCUT2D eigenvalue weighted by Crippen LogP contribution is 2.23. The fourth-order valence-electron chi connectivity index (χ4n) is 2.46. The summed E-state index contributed by atoms with van der Waals surface area (Å²) in [7, 11) is 3.78. The number of methoxy groups -OCH3 is 1. The molecule has 0 spiro atoms. The van der Waals surface area contributed by atoms with E-state index in [9.17, 15) is 0 Å². The van der Waals surface area contributed by atoms with Crippen molar-refractivity contribution in [3.63, 3.8) is 0 Å². The van der Waals surface area contributed by atoms with E-state index in [1.165, 1.54) is 10.9 Å². The molecule has 1 aromatic heterocycles. The Morgan fingerprint density at radius 2 is 2.00 bits per heavy atom. The Morgan fingerprint density at radius 3 is 2.70 bits per heavy atom. The third-order valence-electron chi connectivity index (χ3n) is 3.87. The third-order valence-corrected chi connectivity index (χ3v) is 3.87. The van der Waals surface area contributed by atoms with Crippen LogP contribution in [0.5, 0.6) is 0 Å². The van der Waals surface area contributed by atoms with Crippen LogP contribution in [-0.2, 0) is 4.74 Å². The number of nitrogens with one attached hydrogen (secondary N) is 1. The maximum atomic E-state index is 5.33. The van der Waals surface area contributed by atoms with Crippen molar-refractivity contribution in [3.05, 3.63) is 41.6 Å². The van der Waals surface area contributed by atoms with Crippen molar-refractivity contribution >= 4 is 10.9 Å². The molecule has 0 aliphatic rings. The van der Waals surface area contributed by atoms with Crippen LogP contribution in [0.15, 0.2) is 30.3 Å². The van der Waals surface area contributed by atoms with Gasteiger partial charge in [-0.25, -0.2) is 0 Å². The van der Waals surface area contributed by atoms with Crippen molar-refractivity contribution in [2.24, 2.45) is 0 Å². The van der Waals surface area contributed by atoms with Gasteiger partial charge < -0.3 is 10.1 Å². The summed E-state index contributed by atoms with van der Waals surface area (Å²) in [4.78, 5) is 4.55. The Morgan fingerprint density at radius 1 is 1.20 bits per heavy atom. The second kappa shape index (κ2) is 6.82. The molecule has 2 rings (SSSR count). The molecule has 0 fully saturated rings. The highest BCUT2D eigenvalue weighted by atomic mass is 16.5. The van der Waals surface area contributed by atoms with E-state index in [0.717, 1.165) is 24.1 Å². The standard InChI is InChI=1S/C17H24N2O/c1-12-5-7-15-11-14(8-10-17(15)19-12)16(18-3)9-6-13(2)20-4/h5,7-8,10-11,13,16,18H,6,9H2,1-4H3. The highest BCUT2D eigenvalue weighted by Gasteiger charge is 2.12. The van der Waals surface area contributed by atoms with E-state index in [4.69, 9.17) is 4.74 Å². The van der Waals surface area contributed by atoms with Crippen molar-refractivity contribution in [2.75, 3.05) is 14.2 Å². The fourth-order valence-corrected chi connectivity index (χ4v) is 2.46. The minimum Gasteiger partial charge on any atom is -0.382 e. The van der Waals surface area contributed by atoms with Crippen molar-refractivity contribution in [1.29, 1.82) is 0 Å². The summed E-state index contributed by atoms with van der Waals surface area (Å²) in [6.45, 7) is 4.13. The van der Waals surface area contributed by atoms with Crippen molar-refractivity contribution in [2.45, 2.75) is 38.8 Å². The van der Waals surface area contributed by atoms with Gasteiger partial charge >= 0.3 is 0 Å². The minimum absolute atomic E-state index is 0.302. The van der Waals surface area contributed by atoms with E-state index in [1.807, 2.05) is 14.0 Å².